The Hall–Kier alpha value is -1.65. The normalized spacial score (nSPS) is 18.6. The molecule has 0 spiro atoms. The zero-order chi connectivity index (χ0) is 18.7. The van der Waals surface area contributed by atoms with Crippen molar-refractivity contribution >= 4 is 49.7 Å². The molecule has 10 heteroatoms. The molecule has 7 nitrogen and oxygen atoms in total. The topological polar surface area (TPSA) is 92.3 Å². The number of aryl methyl sites for hydroxylation is 1. The second-order valence-corrected chi connectivity index (χ2v) is 10.6. The van der Waals surface area contributed by atoms with Crippen LogP contribution in [0.2, 0.25) is 0 Å². The van der Waals surface area contributed by atoms with Crippen LogP contribution < -0.4 is 5.32 Å². The summed E-state index contributed by atoms with van der Waals surface area (Å²) in [6, 6.07) is 7.73. The molecule has 1 aliphatic heterocycles. The molecule has 1 amide bonds. The van der Waals surface area contributed by atoms with Crippen LogP contribution in [-0.4, -0.2) is 59.8 Å². The zero-order valence-electron chi connectivity index (χ0n) is 14.5. The summed E-state index contributed by atoms with van der Waals surface area (Å²) in [5.41, 5.74) is 2.09. The minimum absolute atomic E-state index is 0.0588. The Morgan fingerprint density at radius 1 is 1.42 bits per heavy atom. The molecule has 0 aliphatic carbocycles. The first-order valence-corrected chi connectivity index (χ1v) is 11.7. The van der Waals surface area contributed by atoms with E-state index >= 15 is 0 Å². The SMILES string of the molecule is Cc1cccc(Nc2nnc(SCC(=O)N(C)[C@H]3CCS(=O)(=O)C3)s2)c1. The van der Waals surface area contributed by atoms with Crippen LogP contribution in [0.25, 0.3) is 0 Å². The van der Waals surface area contributed by atoms with Gasteiger partial charge in [-0.1, -0.05) is 35.2 Å². The number of benzene rings is 1. The number of hydrogen-bond donors (Lipinski definition) is 1. The first kappa shape index (κ1) is 19.1. The van der Waals surface area contributed by atoms with Gasteiger partial charge in [0.05, 0.1) is 17.3 Å². The summed E-state index contributed by atoms with van der Waals surface area (Å²) < 4.78 is 23.8. The van der Waals surface area contributed by atoms with Crippen molar-refractivity contribution in [1.82, 2.24) is 15.1 Å². The van der Waals surface area contributed by atoms with Crippen LogP contribution in [0.3, 0.4) is 0 Å². The van der Waals surface area contributed by atoms with Crippen LogP contribution in [0.5, 0.6) is 0 Å². The molecule has 2 heterocycles. The number of hydrogen-bond acceptors (Lipinski definition) is 8. The number of carbonyl (C=O) groups is 1. The summed E-state index contributed by atoms with van der Waals surface area (Å²) in [6.07, 6.45) is 0.513. The summed E-state index contributed by atoms with van der Waals surface area (Å²) in [7, 11) is -1.33. The number of aromatic nitrogens is 2. The van der Waals surface area contributed by atoms with Crippen LogP contribution in [0.4, 0.5) is 10.8 Å². The van der Waals surface area contributed by atoms with Gasteiger partial charge in [0, 0.05) is 18.8 Å². The molecule has 0 saturated carbocycles. The van der Waals surface area contributed by atoms with E-state index in [4.69, 9.17) is 0 Å². The van der Waals surface area contributed by atoms with E-state index in [0.29, 0.717) is 15.9 Å². The lowest BCUT2D eigenvalue weighted by Crippen LogP contribution is -2.38. The van der Waals surface area contributed by atoms with E-state index in [-0.39, 0.29) is 29.2 Å². The van der Waals surface area contributed by atoms with Crippen LogP contribution in [0.1, 0.15) is 12.0 Å². The number of rotatable bonds is 6. The van der Waals surface area contributed by atoms with Crippen LogP contribution in [0, 0.1) is 6.92 Å². The minimum Gasteiger partial charge on any atom is -0.341 e. The Bertz CT molecular complexity index is 898. The molecule has 1 N–H and O–H groups in total. The standard InChI is InChI=1S/C16H20N4O3S3/c1-11-4-3-5-12(8-11)17-15-18-19-16(25-15)24-9-14(21)20(2)13-6-7-26(22,23)10-13/h3-5,8,13H,6-7,9-10H2,1-2H3,(H,17,18)/t13-/m0/s1. The molecule has 0 radical (unpaired) electrons. The number of nitrogens with one attached hydrogen (secondary N) is 1. The molecule has 0 bridgehead atoms. The Morgan fingerprint density at radius 3 is 2.92 bits per heavy atom. The Morgan fingerprint density at radius 2 is 2.23 bits per heavy atom. The van der Waals surface area contributed by atoms with E-state index in [1.165, 1.54) is 23.1 Å². The molecular formula is C16H20N4O3S3. The smallest absolute Gasteiger partial charge is 0.233 e. The second-order valence-electron chi connectivity index (χ2n) is 6.22. The Balaban J connectivity index is 1.52. The molecule has 1 saturated heterocycles. The van der Waals surface area contributed by atoms with Crippen LogP contribution >= 0.6 is 23.1 Å². The van der Waals surface area contributed by atoms with Gasteiger partial charge in [0.15, 0.2) is 14.2 Å². The highest BCUT2D eigenvalue weighted by atomic mass is 32.2. The maximum absolute atomic E-state index is 12.3. The van der Waals surface area contributed by atoms with Gasteiger partial charge in [-0.15, -0.1) is 10.2 Å². The Labute approximate surface area is 161 Å². The quantitative estimate of drug-likeness (QED) is 0.728. The van der Waals surface area contributed by atoms with Crippen molar-refractivity contribution in [3.8, 4) is 0 Å². The van der Waals surface area contributed by atoms with Gasteiger partial charge in [0.1, 0.15) is 0 Å². The van der Waals surface area contributed by atoms with Crippen molar-refractivity contribution in [3.63, 3.8) is 0 Å². The van der Waals surface area contributed by atoms with E-state index < -0.39 is 9.84 Å². The summed E-state index contributed by atoms with van der Waals surface area (Å²) >= 11 is 2.70. The molecule has 1 aliphatic rings. The van der Waals surface area contributed by atoms with Crippen molar-refractivity contribution in [2.45, 2.75) is 23.7 Å². The van der Waals surface area contributed by atoms with Gasteiger partial charge in [-0.3, -0.25) is 4.79 Å². The highest BCUT2D eigenvalue weighted by Crippen LogP contribution is 2.28. The van der Waals surface area contributed by atoms with Crippen LogP contribution in [0.15, 0.2) is 28.6 Å². The first-order chi connectivity index (χ1) is 12.3. The van der Waals surface area contributed by atoms with E-state index in [2.05, 4.69) is 15.5 Å². The van der Waals surface area contributed by atoms with Gasteiger partial charge < -0.3 is 10.2 Å². The number of nitrogens with zero attached hydrogens (tertiary/aromatic N) is 3. The van der Waals surface area contributed by atoms with Gasteiger partial charge in [-0.2, -0.15) is 0 Å². The van der Waals surface area contributed by atoms with E-state index in [9.17, 15) is 13.2 Å². The average Bonchev–Trinajstić information content (AvgIpc) is 3.18. The highest BCUT2D eigenvalue weighted by Gasteiger charge is 2.32. The highest BCUT2D eigenvalue weighted by molar-refractivity contribution is 8.01. The van der Waals surface area contributed by atoms with Gasteiger partial charge >= 0.3 is 0 Å². The third-order valence-electron chi connectivity index (χ3n) is 4.14. The average molecular weight is 413 g/mol. The molecule has 2 aromatic rings. The fraction of sp³-hybridized carbons (Fsp3) is 0.438. The molecule has 0 unspecified atom stereocenters. The van der Waals surface area contributed by atoms with Gasteiger partial charge in [-0.25, -0.2) is 8.42 Å². The van der Waals surface area contributed by atoms with E-state index in [1.807, 2.05) is 31.2 Å². The molecule has 1 aromatic heterocycles. The molecular weight excluding hydrogens is 392 g/mol. The van der Waals surface area contributed by atoms with Gasteiger partial charge in [-0.05, 0) is 31.0 Å². The van der Waals surface area contributed by atoms with Crippen molar-refractivity contribution in [2.75, 3.05) is 29.6 Å². The number of amides is 1. The number of carbonyl (C=O) groups excluding carboxylic acids is 1. The number of anilines is 2. The van der Waals surface area contributed by atoms with Crippen molar-refractivity contribution < 1.29 is 13.2 Å². The largest absolute Gasteiger partial charge is 0.341 e. The fourth-order valence-electron chi connectivity index (χ4n) is 2.67. The monoisotopic (exact) mass is 412 g/mol. The third kappa shape index (κ3) is 4.95. The first-order valence-electron chi connectivity index (χ1n) is 8.08. The maximum atomic E-state index is 12.3. The van der Waals surface area contributed by atoms with Gasteiger partial charge in [0.2, 0.25) is 11.0 Å². The summed E-state index contributed by atoms with van der Waals surface area (Å²) in [6.45, 7) is 2.02. The lowest BCUT2D eigenvalue weighted by Gasteiger charge is -2.22. The maximum Gasteiger partial charge on any atom is 0.233 e. The molecule has 1 fully saturated rings. The van der Waals surface area contributed by atoms with Crippen LogP contribution in [-0.2, 0) is 14.6 Å². The van der Waals surface area contributed by atoms with Crippen molar-refractivity contribution in [2.24, 2.45) is 0 Å². The number of sulfone groups is 1. The van der Waals surface area contributed by atoms with Gasteiger partial charge in [0.25, 0.3) is 0 Å². The lowest BCUT2D eigenvalue weighted by atomic mass is 10.2. The van der Waals surface area contributed by atoms with E-state index in [1.54, 1.807) is 11.9 Å². The Kier molecular flexibility index (Phi) is 5.83. The lowest BCUT2D eigenvalue weighted by molar-refractivity contribution is -0.128. The summed E-state index contributed by atoms with van der Waals surface area (Å²) in [4.78, 5) is 13.8. The summed E-state index contributed by atoms with van der Waals surface area (Å²) in [5, 5.41) is 12.0. The zero-order valence-corrected chi connectivity index (χ0v) is 17.0. The van der Waals surface area contributed by atoms with Crippen molar-refractivity contribution in [1.29, 1.82) is 0 Å². The predicted molar refractivity (Wildman–Crippen MR) is 105 cm³/mol. The fourth-order valence-corrected chi connectivity index (χ4v) is 6.15. The summed E-state index contributed by atoms with van der Waals surface area (Å²) in [5.74, 6) is 0.336. The molecule has 1 aromatic carbocycles. The minimum atomic E-state index is -3.00. The molecule has 140 valence electrons. The molecule has 1 atom stereocenters. The molecule has 3 rings (SSSR count). The third-order valence-corrected chi connectivity index (χ3v) is 7.85. The van der Waals surface area contributed by atoms with Crippen molar-refractivity contribution in [3.05, 3.63) is 29.8 Å². The predicted octanol–water partition coefficient (Wildman–Crippen LogP) is 2.33. The van der Waals surface area contributed by atoms with E-state index in [0.717, 1.165) is 11.3 Å². The molecule has 26 heavy (non-hydrogen) atoms. The second kappa shape index (κ2) is 7.93. The number of thioether (sulfide) groups is 1.